The van der Waals surface area contributed by atoms with Crippen LogP contribution >= 0.6 is 0 Å². The molecule has 0 radical (unpaired) electrons. The highest BCUT2D eigenvalue weighted by atomic mass is 15.2. The first kappa shape index (κ1) is 9.50. The predicted octanol–water partition coefficient (Wildman–Crippen LogP) is 0.393. The highest BCUT2D eigenvalue weighted by Gasteiger charge is 2.15. The summed E-state index contributed by atoms with van der Waals surface area (Å²) in [6.07, 6.45) is 0. The van der Waals surface area contributed by atoms with Crippen LogP contribution in [0.2, 0.25) is 0 Å². The van der Waals surface area contributed by atoms with Gasteiger partial charge in [0.1, 0.15) is 0 Å². The van der Waals surface area contributed by atoms with E-state index in [0.717, 1.165) is 32.7 Å². The van der Waals surface area contributed by atoms with Crippen LogP contribution < -0.4 is 0 Å². The van der Waals surface area contributed by atoms with Crippen molar-refractivity contribution in [2.24, 2.45) is 5.92 Å². The van der Waals surface area contributed by atoms with Crippen LogP contribution in [0.1, 0.15) is 6.92 Å². The lowest BCUT2D eigenvalue weighted by Gasteiger charge is -2.32. The topological polar surface area (TPSA) is 30.3 Å². The maximum Gasteiger partial charge on any atom is 0.0666 e. The van der Waals surface area contributed by atoms with Gasteiger partial charge in [-0.05, 0) is 14.0 Å². The lowest BCUT2D eigenvalue weighted by Crippen LogP contribution is -2.45. The third-order valence-electron chi connectivity index (χ3n) is 2.35. The Bertz CT molecular complexity index is 165. The van der Waals surface area contributed by atoms with E-state index in [1.807, 2.05) is 6.92 Å². The van der Waals surface area contributed by atoms with Crippen LogP contribution in [-0.4, -0.2) is 49.6 Å². The second kappa shape index (κ2) is 4.44. The molecule has 0 bridgehead atoms. The quantitative estimate of drug-likeness (QED) is 0.596. The van der Waals surface area contributed by atoms with Gasteiger partial charge in [-0.3, -0.25) is 4.90 Å². The molecule has 0 amide bonds. The second-order valence-electron chi connectivity index (χ2n) is 3.63. The number of piperazine rings is 1. The van der Waals surface area contributed by atoms with Crippen LogP contribution in [0.15, 0.2) is 0 Å². The Labute approximate surface area is 74.6 Å². The number of nitrogens with zero attached hydrogens (tertiary/aromatic N) is 3. The van der Waals surface area contributed by atoms with Gasteiger partial charge in [-0.25, -0.2) is 0 Å². The predicted molar refractivity (Wildman–Crippen MR) is 48.7 cm³/mol. The van der Waals surface area contributed by atoms with E-state index < -0.39 is 0 Å². The first-order chi connectivity index (χ1) is 5.72. The van der Waals surface area contributed by atoms with Crippen molar-refractivity contribution in [3.63, 3.8) is 0 Å². The molecule has 1 saturated heterocycles. The van der Waals surface area contributed by atoms with Gasteiger partial charge in [0.25, 0.3) is 0 Å². The zero-order valence-corrected chi connectivity index (χ0v) is 7.95. The standard InChI is InChI=1S/C9H17N3/c1-9(7-10)8-12-5-3-11(2)4-6-12/h9H,3-6,8H2,1-2H3. The molecule has 0 aromatic rings. The Balaban J connectivity index is 2.22. The van der Waals surface area contributed by atoms with Crippen molar-refractivity contribution in [2.45, 2.75) is 6.92 Å². The van der Waals surface area contributed by atoms with Gasteiger partial charge in [-0.1, -0.05) is 0 Å². The fourth-order valence-electron chi connectivity index (χ4n) is 1.46. The molecule has 1 heterocycles. The zero-order valence-electron chi connectivity index (χ0n) is 7.95. The molecule has 0 saturated carbocycles. The third-order valence-corrected chi connectivity index (χ3v) is 2.35. The molecular weight excluding hydrogens is 150 g/mol. The van der Waals surface area contributed by atoms with Gasteiger partial charge in [0.15, 0.2) is 0 Å². The Morgan fingerprint density at radius 2 is 1.92 bits per heavy atom. The van der Waals surface area contributed by atoms with Crippen LogP contribution in [0.4, 0.5) is 0 Å². The number of likely N-dealkylation sites (N-methyl/N-ethyl adjacent to an activating group) is 1. The molecule has 0 aromatic heterocycles. The van der Waals surface area contributed by atoms with E-state index in [4.69, 9.17) is 5.26 Å². The third kappa shape index (κ3) is 2.80. The molecule has 1 atom stereocenters. The molecule has 0 aromatic carbocycles. The van der Waals surface area contributed by atoms with E-state index in [1.165, 1.54) is 0 Å². The number of hydrogen-bond donors (Lipinski definition) is 0. The van der Waals surface area contributed by atoms with Crippen molar-refractivity contribution in [1.29, 1.82) is 5.26 Å². The van der Waals surface area contributed by atoms with E-state index >= 15 is 0 Å². The van der Waals surface area contributed by atoms with E-state index in [-0.39, 0.29) is 5.92 Å². The minimum Gasteiger partial charge on any atom is -0.304 e. The monoisotopic (exact) mass is 167 g/mol. The number of nitriles is 1. The average Bonchev–Trinajstić information content (AvgIpc) is 2.09. The minimum atomic E-state index is 0.174. The molecule has 68 valence electrons. The summed E-state index contributed by atoms with van der Waals surface area (Å²) in [5, 5.41) is 8.63. The molecular formula is C9H17N3. The summed E-state index contributed by atoms with van der Waals surface area (Å²) in [4.78, 5) is 4.70. The highest BCUT2D eigenvalue weighted by Crippen LogP contribution is 2.02. The molecule has 3 heteroatoms. The summed E-state index contributed by atoms with van der Waals surface area (Å²) < 4.78 is 0. The SMILES string of the molecule is CC(C#N)CN1CCN(C)CC1. The summed E-state index contributed by atoms with van der Waals surface area (Å²) >= 11 is 0. The van der Waals surface area contributed by atoms with Crippen LogP contribution in [0.5, 0.6) is 0 Å². The van der Waals surface area contributed by atoms with Gasteiger partial charge in [0.05, 0.1) is 12.0 Å². The Morgan fingerprint density at radius 3 is 2.42 bits per heavy atom. The first-order valence-electron chi connectivity index (χ1n) is 4.53. The Kier molecular flexibility index (Phi) is 3.51. The second-order valence-corrected chi connectivity index (χ2v) is 3.63. The fraction of sp³-hybridized carbons (Fsp3) is 0.889. The molecule has 1 fully saturated rings. The summed E-state index contributed by atoms with van der Waals surface area (Å²) in [5.74, 6) is 0.174. The van der Waals surface area contributed by atoms with Crippen LogP contribution in [0.3, 0.4) is 0 Å². The molecule has 1 rings (SSSR count). The van der Waals surface area contributed by atoms with Crippen molar-refractivity contribution in [2.75, 3.05) is 39.8 Å². The van der Waals surface area contributed by atoms with Crippen molar-refractivity contribution in [3.8, 4) is 6.07 Å². The van der Waals surface area contributed by atoms with Gasteiger partial charge in [0, 0.05) is 32.7 Å². The van der Waals surface area contributed by atoms with Gasteiger partial charge < -0.3 is 4.90 Å². The average molecular weight is 167 g/mol. The van der Waals surface area contributed by atoms with E-state index in [9.17, 15) is 0 Å². The molecule has 1 unspecified atom stereocenters. The first-order valence-corrected chi connectivity index (χ1v) is 4.53. The van der Waals surface area contributed by atoms with Gasteiger partial charge in [0.2, 0.25) is 0 Å². The fourth-order valence-corrected chi connectivity index (χ4v) is 1.46. The number of hydrogen-bond acceptors (Lipinski definition) is 3. The minimum absolute atomic E-state index is 0.174. The smallest absolute Gasteiger partial charge is 0.0666 e. The maximum absolute atomic E-state index is 8.63. The zero-order chi connectivity index (χ0) is 8.97. The van der Waals surface area contributed by atoms with Crippen molar-refractivity contribution in [3.05, 3.63) is 0 Å². The van der Waals surface area contributed by atoms with E-state index in [1.54, 1.807) is 0 Å². The van der Waals surface area contributed by atoms with Gasteiger partial charge in [-0.15, -0.1) is 0 Å². The summed E-state index contributed by atoms with van der Waals surface area (Å²) in [6.45, 7) is 7.42. The molecule has 1 aliphatic heterocycles. The summed E-state index contributed by atoms with van der Waals surface area (Å²) in [7, 11) is 2.14. The maximum atomic E-state index is 8.63. The Morgan fingerprint density at radius 1 is 1.33 bits per heavy atom. The van der Waals surface area contributed by atoms with Crippen LogP contribution in [-0.2, 0) is 0 Å². The van der Waals surface area contributed by atoms with Crippen molar-refractivity contribution >= 4 is 0 Å². The Hall–Kier alpha value is -0.590. The molecule has 0 spiro atoms. The van der Waals surface area contributed by atoms with E-state index in [0.29, 0.717) is 0 Å². The van der Waals surface area contributed by atoms with Crippen molar-refractivity contribution < 1.29 is 0 Å². The molecule has 3 nitrogen and oxygen atoms in total. The van der Waals surface area contributed by atoms with E-state index in [2.05, 4.69) is 22.9 Å². The molecule has 0 aliphatic carbocycles. The molecule has 0 N–H and O–H groups in total. The normalized spacial score (nSPS) is 23.4. The van der Waals surface area contributed by atoms with Gasteiger partial charge in [-0.2, -0.15) is 5.26 Å². The molecule has 1 aliphatic rings. The lowest BCUT2D eigenvalue weighted by atomic mass is 10.2. The van der Waals surface area contributed by atoms with Crippen LogP contribution in [0.25, 0.3) is 0 Å². The summed E-state index contributed by atoms with van der Waals surface area (Å²) in [5.41, 5.74) is 0. The number of rotatable bonds is 2. The van der Waals surface area contributed by atoms with Crippen molar-refractivity contribution in [1.82, 2.24) is 9.80 Å². The summed E-state index contributed by atoms with van der Waals surface area (Å²) in [6, 6.07) is 2.27. The van der Waals surface area contributed by atoms with Gasteiger partial charge >= 0.3 is 0 Å². The van der Waals surface area contributed by atoms with Crippen LogP contribution in [0, 0.1) is 17.2 Å². The largest absolute Gasteiger partial charge is 0.304 e. The lowest BCUT2D eigenvalue weighted by molar-refractivity contribution is 0.146. The molecule has 12 heavy (non-hydrogen) atoms. The highest BCUT2D eigenvalue weighted by molar-refractivity contribution is 4.82.